The summed E-state index contributed by atoms with van der Waals surface area (Å²) >= 11 is 3.52. The van der Waals surface area contributed by atoms with Crippen LogP contribution in [0.5, 0.6) is 17.2 Å². The van der Waals surface area contributed by atoms with Gasteiger partial charge in [-0.3, -0.25) is 9.36 Å². The molecule has 0 saturated carbocycles. The van der Waals surface area contributed by atoms with Gasteiger partial charge in [-0.1, -0.05) is 65.9 Å². The maximum atomic E-state index is 14.3. The fraction of sp³-hybridized carbons (Fsp3) is 0.256. The Kier molecular flexibility index (Phi) is 10.5. The van der Waals surface area contributed by atoms with Crippen LogP contribution in [-0.2, 0) is 16.1 Å². The highest BCUT2D eigenvalue weighted by atomic mass is 127. The number of nitrogens with zero attached hydrogens (tertiary/aromatic N) is 2. The number of benzene rings is 4. The number of rotatable bonds is 11. The number of ether oxygens (including phenoxy) is 4. The van der Waals surface area contributed by atoms with Gasteiger partial charge in [0.2, 0.25) is 0 Å². The van der Waals surface area contributed by atoms with Crippen molar-refractivity contribution in [3.05, 3.63) is 130 Å². The molecule has 5 aromatic rings. The van der Waals surface area contributed by atoms with Crippen molar-refractivity contribution in [2.45, 2.75) is 53.4 Å². The maximum absolute atomic E-state index is 14.3. The summed E-state index contributed by atoms with van der Waals surface area (Å²) in [6.45, 7) is 10.3. The predicted molar refractivity (Wildman–Crippen MR) is 201 cm³/mol. The van der Waals surface area contributed by atoms with Gasteiger partial charge >= 0.3 is 5.97 Å². The van der Waals surface area contributed by atoms with E-state index in [2.05, 4.69) is 52.9 Å². The highest BCUT2D eigenvalue weighted by molar-refractivity contribution is 14.1. The molecule has 0 spiro atoms. The van der Waals surface area contributed by atoms with E-state index in [9.17, 15) is 9.59 Å². The third-order valence-corrected chi connectivity index (χ3v) is 9.70. The Labute approximate surface area is 302 Å². The second-order valence-corrected chi connectivity index (χ2v) is 13.9. The van der Waals surface area contributed by atoms with E-state index in [1.165, 1.54) is 16.7 Å². The van der Waals surface area contributed by atoms with Crippen molar-refractivity contribution >= 4 is 56.7 Å². The number of fused-ring (bicyclic) bond motifs is 2. The molecular formula is C39H37IN2O6S. The number of carbonyl (C=O) groups excluding carboxylic acids is 1. The minimum Gasteiger partial charge on any atom is -0.491 e. The summed E-state index contributed by atoms with van der Waals surface area (Å²) in [5.41, 5.74) is 3.04. The van der Waals surface area contributed by atoms with Gasteiger partial charge in [0.1, 0.15) is 18.4 Å². The van der Waals surface area contributed by atoms with Crippen LogP contribution in [0.25, 0.3) is 16.8 Å². The zero-order chi connectivity index (χ0) is 34.7. The molecule has 8 nitrogen and oxygen atoms in total. The smallest absolute Gasteiger partial charge is 0.338 e. The van der Waals surface area contributed by atoms with Crippen LogP contribution in [0, 0.1) is 3.57 Å². The number of para-hydroxylation sites is 1. The molecule has 1 aromatic heterocycles. The first-order valence-corrected chi connectivity index (χ1v) is 18.1. The number of esters is 1. The summed E-state index contributed by atoms with van der Waals surface area (Å²) in [5, 5.41) is 2.33. The van der Waals surface area contributed by atoms with Crippen molar-refractivity contribution in [3.63, 3.8) is 0 Å². The molecule has 0 unspecified atom stereocenters. The number of allylic oxidation sites excluding steroid dienone is 1. The molecule has 0 N–H and O–H groups in total. The van der Waals surface area contributed by atoms with Gasteiger partial charge in [0.05, 0.1) is 38.7 Å². The van der Waals surface area contributed by atoms with Crippen molar-refractivity contribution in [3.8, 4) is 17.2 Å². The number of thiazole rings is 1. The van der Waals surface area contributed by atoms with Crippen molar-refractivity contribution < 1.29 is 23.7 Å². The Bertz CT molecular complexity index is 2250. The van der Waals surface area contributed by atoms with E-state index >= 15 is 0 Å². The van der Waals surface area contributed by atoms with Crippen LogP contribution in [0.4, 0.5) is 0 Å². The van der Waals surface area contributed by atoms with Crippen LogP contribution in [0.3, 0.4) is 0 Å². The number of aromatic nitrogens is 1. The third-order valence-electron chi connectivity index (χ3n) is 7.92. The van der Waals surface area contributed by atoms with E-state index in [4.69, 9.17) is 23.9 Å². The Morgan fingerprint density at radius 2 is 1.71 bits per heavy atom. The molecule has 1 aliphatic rings. The molecule has 0 saturated heterocycles. The highest BCUT2D eigenvalue weighted by Crippen LogP contribution is 2.37. The lowest BCUT2D eigenvalue weighted by Crippen LogP contribution is -2.40. The molecule has 4 aromatic carbocycles. The molecule has 10 heteroatoms. The first kappa shape index (κ1) is 34.4. The second-order valence-electron chi connectivity index (χ2n) is 11.7. The van der Waals surface area contributed by atoms with Gasteiger partial charge in [0, 0.05) is 5.56 Å². The van der Waals surface area contributed by atoms with Crippen LogP contribution in [0.15, 0.2) is 99.9 Å². The number of hydrogen-bond donors (Lipinski definition) is 0. The lowest BCUT2D eigenvalue weighted by molar-refractivity contribution is -0.139. The van der Waals surface area contributed by atoms with Crippen LogP contribution in [-0.4, -0.2) is 29.9 Å². The minimum atomic E-state index is -0.780. The fourth-order valence-electron chi connectivity index (χ4n) is 5.86. The zero-order valence-electron chi connectivity index (χ0n) is 28.0. The van der Waals surface area contributed by atoms with Gasteiger partial charge < -0.3 is 18.9 Å². The van der Waals surface area contributed by atoms with Crippen molar-refractivity contribution in [1.29, 1.82) is 0 Å². The molecule has 0 bridgehead atoms. The lowest BCUT2D eigenvalue weighted by Gasteiger charge is -2.26. The highest BCUT2D eigenvalue weighted by Gasteiger charge is 2.35. The summed E-state index contributed by atoms with van der Waals surface area (Å²) in [7, 11) is 0. The predicted octanol–water partition coefficient (Wildman–Crippen LogP) is 7.32. The minimum absolute atomic E-state index is 0.116. The largest absolute Gasteiger partial charge is 0.491 e. The van der Waals surface area contributed by atoms with E-state index in [0.717, 1.165) is 20.1 Å². The summed E-state index contributed by atoms with van der Waals surface area (Å²) < 4.78 is 26.9. The molecular weight excluding hydrogens is 751 g/mol. The topological polar surface area (TPSA) is 88.4 Å². The Morgan fingerprint density at radius 1 is 0.959 bits per heavy atom. The van der Waals surface area contributed by atoms with Gasteiger partial charge in [-0.25, -0.2) is 9.79 Å². The average Bonchev–Trinajstić information content (AvgIpc) is 3.37. The first-order chi connectivity index (χ1) is 23.7. The maximum Gasteiger partial charge on any atom is 0.338 e. The summed E-state index contributed by atoms with van der Waals surface area (Å²) in [5.74, 6) is 1.30. The lowest BCUT2D eigenvalue weighted by atomic mass is 9.95. The molecule has 0 aliphatic carbocycles. The molecule has 0 fully saturated rings. The van der Waals surface area contributed by atoms with Gasteiger partial charge in [0.25, 0.3) is 5.56 Å². The van der Waals surface area contributed by atoms with Crippen molar-refractivity contribution in [2.24, 2.45) is 4.99 Å². The van der Waals surface area contributed by atoms with Crippen LogP contribution in [0.2, 0.25) is 0 Å². The number of carbonyl (C=O) groups is 1. The van der Waals surface area contributed by atoms with Crippen molar-refractivity contribution in [2.75, 3.05) is 13.2 Å². The average molecular weight is 789 g/mol. The Hall–Kier alpha value is -4.42. The van der Waals surface area contributed by atoms with Gasteiger partial charge in [-0.15, -0.1) is 0 Å². The normalized spacial score (nSPS) is 14.5. The first-order valence-electron chi connectivity index (χ1n) is 16.2. The molecule has 0 radical (unpaired) electrons. The summed E-state index contributed by atoms with van der Waals surface area (Å²) in [6, 6.07) is 25.1. The standard InChI is InChI=1S/C39H37IN2O6S/c1-6-45-32-20-26(19-30(40)36(32)47-22-25-16-17-27-12-8-9-13-28(27)18-25)21-33-37(43)42-35(29-14-10-11-15-31(29)48-23(3)4)34(38(44)46-7-2)24(5)41-39(42)49-33/h8-21,23,35H,6-7,22H2,1-5H3/b33-21+/t35-/m1/s1. The van der Waals surface area contributed by atoms with Crippen LogP contribution >= 0.6 is 33.9 Å². The monoisotopic (exact) mass is 788 g/mol. The van der Waals surface area contributed by atoms with Gasteiger partial charge in [0.15, 0.2) is 16.3 Å². The Balaban J connectivity index is 1.41. The number of halogens is 1. The fourth-order valence-corrected chi connectivity index (χ4v) is 7.69. The van der Waals surface area contributed by atoms with E-state index < -0.39 is 12.0 Å². The van der Waals surface area contributed by atoms with Gasteiger partial charge in [-0.2, -0.15) is 0 Å². The van der Waals surface area contributed by atoms with Crippen LogP contribution in [0.1, 0.15) is 57.4 Å². The van der Waals surface area contributed by atoms with Crippen molar-refractivity contribution in [1.82, 2.24) is 4.57 Å². The van der Waals surface area contributed by atoms with Gasteiger partial charge in [-0.05, 0) is 109 Å². The Morgan fingerprint density at radius 3 is 2.47 bits per heavy atom. The van der Waals surface area contributed by atoms with Crippen LogP contribution < -0.4 is 29.1 Å². The quantitative estimate of drug-likeness (QED) is 0.103. The van der Waals surface area contributed by atoms with E-state index in [1.807, 2.05) is 75.4 Å². The van der Waals surface area contributed by atoms with E-state index in [1.54, 1.807) is 18.4 Å². The summed E-state index contributed by atoms with van der Waals surface area (Å²) in [6.07, 6.45) is 1.72. The molecule has 49 heavy (non-hydrogen) atoms. The molecule has 1 atom stereocenters. The summed E-state index contributed by atoms with van der Waals surface area (Å²) in [4.78, 5) is 32.9. The SMILES string of the molecule is CCOC(=O)C1=C(C)N=c2s/c(=C/c3cc(I)c(OCc4ccc5ccccc5c4)c(OCC)c3)c(=O)n2[C@@H]1c1ccccc1OC(C)C. The number of hydrogen-bond acceptors (Lipinski definition) is 8. The third kappa shape index (κ3) is 7.30. The molecule has 6 rings (SSSR count). The molecule has 252 valence electrons. The van der Waals surface area contributed by atoms with E-state index in [0.29, 0.717) is 56.6 Å². The second kappa shape index (κ2) is 15.0. The zero-order valence-corrected chi connectivity index (χ0v) is 31.0. The molecule has 0 amide bonds. The van der Waals surface area contributed by atoms with E-state index in [-0.39, 0.29) is 18.3 Å². The molecule has 1 aliphatic heterocycles. The molecule has 2 heterocycles.